The standard InChI is InChI=1S/C19H21N3OS/c1-5-10-22-13(2)11-15(14(22)3)17-12-24-19(21-17)20-16-8-6-7-9-18(16)23-4/h5-9,11-12H,1,10H2,2-4H3,(H,20,21). The van der Waals surface area contributed by atoms with Crippen LogP contribution in [0.5, 0.6) is 5.75 Å². The highest BCUT2D eigenvalue weighted by Gasteiger charge is 2.13. The minimum atomic E-state index is 0.804. The van der Waals surface area contributed by atoms with Crippen molar-refractivity contribution in [2.75, 3.05) is 12.4 Å². The molecule has 4 nitrogen and oxygen atoms in total. The van der Waals surface area contributed by atoms with Crippen molar-refractivity contribution in [1.82, 2.24) is 9.55 Å². The molecule has 0 amide bonds. The van der Waals surface area contributed by atoms with Crippen LogP contribution in [-0.2, 0) is 6.54 Å². The average molecular weight is 339 g/mol. The van der Waals surface area contributed by atoms with Gasteiger partial charge in [0.1, 0.15) is 5.75 Å². The second kappa shape index (κ2) is 6.93. The van der Waals surface area contributed by atoms with E-state index in [1.165, 1.54) is 17.0 Å². The zero-order valence-corrected chi connectivity index (χ0v) is 15.0. The quantitative estimate of drug-likeness (QED) is 0.630. The van der Waals surface area contributed by atoms with E-state index >= 15 is 0 Å². The van der Waals surface area contributed by atoms with E-state index in [0.29, 0.717) is 0 Å². The summed E-state index contributed by atoms with van der Waals surface area (Å²) in [6, 6.07) is 10.0. The van der Waals surface area contributed by atoms with Gasteiger partial charge in [-0.2, -0.15) is 0 Å². The molecule has 0 aliphatic heterocycles. The summed E-state index contributed by atoms with van der Waals surface area (Å²) in [5.74, 6) is 0.804. The fourth-order valence-electron chi connectivity index (χ4n) is 2.79. The van der Waals surface area contributed by atoms with Crippen LogP contribution in [0.25, 0.3) is 11.3 Å². The molecule has 0 spiro atoms. The van der Waals surface area contributed by atoms with Gasteiger partial charge in [-0.1, -0.05) is 18.2 Å². The first-order valence-electron chi connectivity index (χ1n) is 7.77. The van der Waals surface area contributed by atoms with Gasteiger partial charge in [0.05, 0.1) is 18.5 Å². The van der Waals surface area contributed by atoms with Crippen LogP contribution in [0.1, 0.15) is 11.4 Å². The predicted molar refractivity (Wildman–Crippen MR) is 101 cm³/mol. The first kappa shape index (κ1) is 16.3. The van der Waals surface area contributed by atoms with Crippen molar-refractivity contribution in [2.45, 2.75) is 20.4 Å². The van der Waals surface area contributed by atoms with E-state index < -0.39 is 0 Å². The summed E-state index contributed by atoms with van der Waals surface area (Å²) in [5.41, 5.74) is 5.49. The molecule has 124 valence electrons. The number of benzene rings is 1. The third-order valence-corrected chi connectivity index (χ3v) is 4.77. The van der Waals surface area contributed by atoms with Gasteiger partial charge < -0.3 is 14.6 Å². The smallest absolute Gasteiger partial charge is 0.187 e. The van der Waals surface area contributed by atoms with Gasteiger partial charge in [0.25, 0.3) is 0 Å². The molecule has 0 aliphatic carbocycles. The second-order valence-electron chi connectivity index (χ2n) is 5.55. The van der Waals surface area contributed by atoms with Gasteiger partial charge in [0.15, 0.2) is 5.13 Å². The molecule has 0 saturated carbocycles. The van der Waals surface area contributed by atoms with Crippen LogP contribution < -0.4 is 10.1 Å². The molecule has 2 aromatic heterocycles. The van der Waals surface area contributed by atoms with Crippen LogP contribution in [0.3, 0.4) is 0 Å². The first-order valence-corrected chi connectivity index (χ1v) is 8.65. The number of allylic oxidation sites excluding steroid dienone is 1. The van der Waals surface area contributed by atoms with Crippen LogP contribution in [-0.4, -0.2) is 16.7 Å². The Labute approximate surface area is 146 Å². The average Bonchev–Trinajstić information content (AvgIpc) is 3.15. The van der Waals surface area contributed by atoms with E-state index in [1.807, 2.05) is 30.3 Å². The molecule has 24 heavy (non-hydrogen) atoms. The molecule has 1 N–H and O–H groups in total. The van der Waals surface area contributed by atoms with Crippen molar-refractivity contribution in [3.8, 4) is 17.0 Å². The van der Waals surface area contributed by atoms with E-state index in [2.05, 4.69) is 41.8 Å². The number of aryl methyl sites for hydroxylation is 1. The van der Waals surface area contributed by atoms with Gasteiger partial charge in [-0.15, -0.1) is 17.9 Å². The lowest BCUT2D eigenvalue weighted by Gasteiger charge is -2.08. The Kier molecular flexibility index (Phi) is 4.71. The maximum absolute atomic E-state index is 5.38. The number of nitrogens with one attached hydrogen (secondary N) is 1. The molecule has 2 heterocycles. The molecule has 0 unspecified atom stereocenters. The summed E-state index contributed by atoms with van der Waals surface area (Å²) in [6.07, 6.45) is 1.92. The Bertz CT molecular complexity index is 863. The lowest BCUT2D eigenvalue weighted by atomic mass is 10.2. The van der Waals surface area contributed by atoms with Crippen molar-refractivity contribution >= 4 is 22.2 Å². The van der Waals surface area contributed by atoms with E-state index in [4.69, 9.17) is 9.72 Å². The van der Waals surface area contributed by atoms with E-state index in [9.17, 15) is 0 Å². The van der Waals surface area contributed by atoms with E-state index in [0.717, 1.165) is 28.8 Å². The summed E-state index contributed by atoms with van der Waals surface area (Å²) in [5, 5.41) is 6.27. The number of methoxy groups -OCH3 is 1. The Morgan fingerprint density at radius 3 is 2.88 bits per heavy atom. The lowest BCUT2D eigenvalue weighted by molar-refractivity contribution is 0.417. The van der Waals surface area contributed by atoms with Gasteiger partial charge >= 0.3 is 0 Å². The summed E-state index contributed by atoms with van der Waals surface area (Å²) < 4.78 is 7.62. The molecule has 0 radical (unpaired) electrons. The molecular formula is C19H21N3OS. The Hall–Kier alpha value is -2.53. The summed E-state index contributed by atoms with van der Waals surface area (Å²) in [7, 11) is 1.67. The summed E-state index contributed by atoms with van der Waals surface area (Å²) in [6.45, 7) is 8.88. The normalized spacial score (nSPS) is 10.6. The summed E-state index contributed by atoms with van der Waals surface area (Å²) in [4.78, 5) is 4.74. The number of aromatic nitrogens is 2. The number of rotatable bonds is 6. The number of hydrogen-bond acceptors (Lipinski definition) is 4. The number of anilines is 2. The number of para-hydroxylation sites is 2. The zero-order valence-electron chi connectivity index (χ0n) is 14.2. The molecule has 3 rings (SSSR count). The monoisotopic (exact) mass is 339 g/mol. The number of ether oxygens (including phenoxy) is 1. The highest BCUT2D eigenvalue weighted by Crippen LogP contribution is 2.33. The Morgan fingerprint density at radius 1 is 1.33 bits per heavy atom. The fraction of sp³-hybridized carbons (Fsp3) is 0.211. The molecule has 1 aromatic carbocycles. The molecule has 0 fully saturated rings. The summed E-state index contributed by atoms with van der Waals surface area (Å²) >= 11 is 1.59. The highest BCUT2D eigenvalue weighted by atomic mass is 32.1. The maximum Gasteiger partial charge on any atom is 0.187 e. The largest absolute Gasteiger partial charge is 0.495 e. The van der Waals surface area contributed by atoms with E-state index in [1.54, 1.807) is 18.4 Å². The fourth-order valence-corrected chi connectivity index (χ4v) is 3.51. The van der Waals surface area contributed by atoms with Crippen molar-refractivity contribution in [2.24, 2.45) is 0 Å². The molecule has 0 atom stereocenters. The third kappa shape index (κ3) is 3.08. The third-order valence-electron chi connectivity index (χ3n) is 4.01. The number of nitrogens with zero attached hydrogens (tertiary/aromatic N) is 2. The van der Waals surface area contributed by atoms with Crippen molar-refractivity contribution in [3.05, 3.63) is 59.8 Å². The van der Waals surface area contributed by atoms with Gasteiger partial charge in [0.2, 0.25) is 0 Å². The Morgan fingerprint density at radius 2 is 2.12 bits per heavy atom. The minimum absolute atomic E-state index is 0.804. The van der Waals surface area contributed by atoms with Crippen molar-refractivity contribution in [3.63, 3.8) is 0 Å². The molecule has 5 heteroatoms. The SMILES string of the molecule is C=CCn1c(C)cc(-c2csc(Nc3ccccc3OC)n2)c1C. The molecule has 0 saturated heterocycles. The molecule has 0 bridgehead atoms. The van der Waals surface area contributed by atoms with Crippen LogP contribution in [0, 0.1) is 13.8 Å². The van der Waals surface area contributed by atoms with Crippen LogP contribution >= 0.6 is 11.3 Å². The lowest BCUT2D eigenvalue weighted by Crippen LogP contribution is -1.99. The van der Waals surface area contributed by atoms with Gasteiger partial charge in [-0.3, -0.25) is 0 Å². The van der Waals surface area contributed by atoms with Crippen LogP contribution in [0.4, 0.5) is 10.8 Å². The predicted octanol–water partition coefficient (Wildman–Crippen LogP) is 5.17. The second-order valence-corrected chi connectivity index (χ2v) is 6.41. The van der Waals surface area contributed by atoms with Gasteiger partial charge in [-0.25, -0.2) is 4.98 Å². The van der Waals surface area contributed by atoms with Crippen LogP contribution in [0.2, 0.25) is 0 Å². The topological polar surface area (TPSA) is 39.1 Å². The molecule has 0 aliphatic rings. The minimum Gasteiger partial charge on any atom is -0.495 e. The van der Waals surface area contributed by atoms with Gasteiger partial charge in [0, 0.05) is 28.9 Å². The van der Waals surface area contributed by atoms with E-state index in [-0.39, 0.29) is 0 Å². The Balaban J connectivity index is 1.89. The number of thiazole rings is 1. The van der Waals surface area contributed by atoms with Crippen molar-refractivity contribution < 1.29 is 4.74 Å². The highest BCUT2D eigenvalue weighted by molar-refractivity contribution is 7.14. The van der Waals surface area contributed by atoms with Crippen molar-refractivity contribution in [1.29, 1.82) is 0 Å². The first-order chi connectivity index (χ1) is 11.6. The maximum atomic E-state index is 5.38. The molecule has 3 aromatic rings. The number of hydrogen-bond donors (Lipinski definition) is 1. The zero-order chi connectivity index (χ0) is 17.1. The van der Waals surface area contributed by atoms with Gasteiger partial charge in [-0.05, 0) is 32.0 Å². The van der Waals surface area contributed by atoms with Crippen LogP contribution in [0.15, 0.2) is 48.4 Å². The molecular weight excluding hydrogens is 318 g/mol.